The Morgan fingerprint density at radius 2 is 2.08 bits per heavy atom. The van der Waals surface area contributed by atoms with E-state index >= 15 is 0 Å². The van der Waals surface area contributed by atoms with Crippen LogP contribution in [-0.4, -0.2) is 26.6 Å². The largest absolute Gasteiger partial charge is 0.475 e. The minimum Gasteiger partial charge on any atom is -0.475 e. The fraction of sp³-hybridized carbons (Fsp3) is 0.158. The number of H-pyrrole nitrogens is 1. The molecule has 4 aromatic rings. The molecule has 5 nitrogen and oxygen atoms in total. The zero-order chi connectivity index (χ0) is 16.1. The molecule has 0 saturated carbocycles. The summed E-state index contributed by atoms with van der Waals surface area (Å²) in [6.07, 6.45) is 1.84. The van der Waals surface area contributed by atoms with Gasteiger partial charge in [0, 0.05) is 10.9 Å². The van der Waals surface area contributed by atoms with Crippen molar-refractivity contribution >= 4 is 10.9 Å². The van der Waals surface area contributed by atoms with Gasteiger partial charge in [-0.2, -0.15) is 10.2 Å². The van der Waals surface area contributed by atoms with Crippen LogP contribution in [0.4, 0.5) is 0 Å². The molecular formula is C19H16N4O. The van der Waals surface area contributed by atoms with E-state index in [1.807, 2.05) is 10.9 Å². The molecule has 0 amide bonds. The molecule has 0 spiro atoms. The molecule has 5 rings (SSSR count). The first kappa shape index (κ1) is 13.4. The van der Waals surface area contributed by atoms with Crippen LogP contribution in [0.2, 0.25) is 0 Å². The summed E-state index contributed by atoms with van der Waals surface area (Å²) < 4.78 is 7.85. The number of aryl methyl sites for hydroxylation is 1. The molecule has 1 aliphatic heterocycles. The molecule has 1 N–H and O–H groups in total. The van der Waals surface area contributed by atoms with Gasteiger partial charge in [-0.1, -0.05) is 29.8 Å². The summed E-state index contributed by atoms with van der Waals surface area (Å²) in [6.45, 7) is 3.57. The number of nitrogens with one attached hydrogen (secondary N) is 1. The summed E-state index contributed by atoms with van der Waals surface area (Å²) in [4.78, 5) is 0. The second-order valence-corrected chi connectivity index (χ2v) is 6.14. The second kappa shape index (κ2) is 4.96. The topological polar surface area (TPSA) is 55.7 Å². The molecule has 0 atom stereocenters. The fourth-order valence-corrected chi connectivity index (χ4v) is 3.33. The van der Waals surface area contributed by atoms with Gasteiger partial charge in [-0.25, -0.2) is 4.68 Å². The third-order valence-electron chi connectivity index (χ3n) is 4.47. The molecule has 3 heterocycles. The highest BCUT2D eigenvalue weighted by Gasteiger charge is 2.25. The maximum absolute atomic E-state index is 5.89. The minimum atomic E-state index is 0.678. The van der Waals surface area contributed by atoms with Crippen LogP contribution in [0.25, 0.3) is 33.3 Å². The standard InChI is InChI=1S/C19H16N4O/c1-12-3-2-4-14(9-12)18-17(19-23(22-18)7-8-24-19)13-5-6-16-15(10-13)11-20-21-16/h2-6,9-11H,7-8H2,1H3,(H,20,21). The SMILES string of the molecule is Cc1cccc(-c2nn3c(c2-c2ccc4[nH]ncc4c2)OCC3)c1. The Bertz CT molecular complexity index is 1060. The first-order valence-electron chi connectivity index (χ1n) is 8.04. The molecule has 24 heavy (non-hydrogen) atoms. The molecule has 118 valence electrons. The molecular weight excluding hydrogens is 300 g/mol. The van der Waals surface area contributed by atoms with Gasteiger partial charge in [0.15, 0.2) is 0 Å². The third-order valence-corrected chi connectivity index (χ3v) is 4.47. The van der Waals surface area contributed by atoms with Crippen molar-refractivity contribution < 1.29 is 4.74 Å². The number of aromatic nitrogens is 4. The molecule has 1 aliphatic rings. The molecule has 0 unspecified atom stereocenters. The lowest BCUT2D eigenvalue weighted by molar-refractivity contribution is 0.358. The van der Waals surface area contributed by atoms with Crippen LogP contribution in [-0.2, 0) is 6.54 Å². The van der Waals surface area contributed by atoms with Crippen LogP contribution in [0.15, 0.2) is 48.7 Å². The highest BCUT2D eigenvalue weighted by atomic mass is 16.5. The van der Waals surface area contributed by atoms with Crippen molar-refractivity contribution in [2.75, 3.05) is 6.61 Å². The van der Waals surface area contributed by atoms with Crippen molar-refractivity contribution in [2.24, 2.45) is 0 Å². The zero-order valence-corrected chi connectivity index (χ0v) is 13.3. The lowest BCUT2D eigenvalue weighted by Crippen LogP contribution is -1.96. The van der Waals surface area contributed by atoms with Gasteiger partial charge in [0.2, 0.25) is 5.88 Å². The smallest absolute Gasteiger partial charge is 0.220 e. The van der Waals surface area contributed by atoms with Crippen LogP contribution in [0, 0.1) is 6.92 Å². The molecule has 0 aliphatic carbocycles. The Labute approximate surface area is 138 Å². The van der Waals surface area contributed by atoms with Crippen LogP contribution >= 0.6 is 0 Å². The lowest BCUT2D eigenvalue weighted by Gasteiger charge is -2.06. The molecule has 2 aromatic carbocycles. The Hall–Kier alpha value is -3.08. The van der Waals surface area contributed by atoms with Gasteiger partial charge in [-0.15, -0.1) is 0 Å². The Morgan fingerprint density at radius 3 is 3.00 bits per heavy atom. The number of rotatable bonds is 2. The number of benzene rings is 2. The number of ether oxygens (including phenoxy) is 1. The zero-order valence-electron chi connectivity index (χ0n) is 13.3. The predicted molar refractivity (Wildman–Crippen MR) is 93.0 cm³/mol. The maximum atomic E-state index is 5.89. The summed E-state index contributed by atoms with van der Waals surface area (Å²) in [6, 6.07) is 14.7. The van der Waals surface area contributed by atoms with Gasteiger partial charge in [-0.3, -0.25) is 5.10 Å². The number of fused-ring (bicyclic) bond motifs is 2. The average molecular weight is 316 g/mol. The summed E-state index contributed by atoms with van der Waals surface area (Å²) >= 11 is 0. The van der Waals surface area contributed by atoms with E-state index in [9.17, 15) is 0 Å². The monoisotopic (exact) mass is 316 g/mol. The summed E-state index contributed by atoms with van der Waals surface area (Å²) in [5.41, 5.74) is 6.49. The van der Waals surface area contributed by atoms with Gasteiger partial charge in [-0.05, 0) is 30.7 Å². The number of hydrogen-bond acceptors (Lipinski definition) is 3. The minimum absolute atomic E-state index is 0.678. The van der Waals surface area contributed by atoms with Crippen LogP contribution in [0.3, 0.4) is 0 Å². The van der Waals surface area contributed by atoms with Crippen molar-refractivity contribution in [3.63, 3.8) is 0 Å². The van der Waals surface area contributed by atoms with Crippen molar-refractivity contribution in [3.8, 4) is 28.3 Å². The molecule has 5 heteroatoms. The molecule has 2 aromatic heterocycles. The number of aromatic amines is 1. The maximum Gasteiger partial charge on any atom is 0.220 e. The van der Waals surface area contributed by atoms with E-state index in [0.717, 1.165) is 45.7 Å². The first-order chi connectivity index (χ1) is 11.8. The Morgan fingerprint density at radius 1 is 1.12 bits per heavy atom. The molecule has 0 radical (unpaired) electrons. The number of nitrogens with zero attached hydrogens (tertiary/aromatic N) is 3. The van der Waals surface area contributed by atoms with E-state index in [0.29, 0.717) is 6.61 Å². The third kappa shape index (κ3) is 1.94. The highest BCUT2D eigenvalue weighted by molar-refractivity contribution is 5.90. The van der Waals surface area contributed by atoms with Crippen molar-refractivity contribution in [2.45, 2.75) is 13.5 Å². The van der Waals surface area contributed by atoms with Gasteiger partial charge in [0.05, 0.1) is 23.8 Å². The van der Waals surface area contributed by atoms with Gasteiger partial charge < -0.3 is 4.74 Å². The van der Waals surface area contributed by atoms with Crippen molar-refractivity contribution in [1.29, 1.82) is 0 Å². The van der Waals surface area contributed by atoms with Crippen molar-refractivity contribution in [1.82, 2.24) is 20.0 Å². The van der Waals surface area contributed by atoms with Crippen LogP contribution in [0.1, 0.15) is 5.56 Å². The summed E-state index contributed by atoms with van der Waals surface area (Å²) in [7, 11) is 0. The molecule has 0 bridgehead atoms. The van der Waals surface area contributed by atoms with Gasteiger partial charge in [0.25, 0.3) is 0 Å². The summed E-state index contributed by atoms with van der Waals surface area (Å²) in [5.74, 6) is 0.856. The van der Waals surface area contributed by atoms with E-state index in [2.05, 4.69) is 59.6 Å². The average Bonchev–Trinajstić information content (AvgIpc) is 3.29. The van der Waals surface area contributed by atoms with Crippen LogP contribution < -0.4 is 4.74 Å². The molecule has 0 fully saturated rings. The van der Waals surface area contributed by atoms with Gasteiger partial charge >= 0.3 is 0 Å². The Balaban J connectivity index is 1.77. The fourth-order valence-electron chi connectivity index (χ4n) is 3.33. The first-order valence-corrected chi connectivity index (χ1v) is 8.04. The van der Waals surface area contributed by atoms with Crippen molar-refractivity contribution in [3.05, 3.63) is 54.2 Å². The molecule has 0 saturated heterocycles. The highest BCUT2D eigenvalue weighted by Crippen LogP contribution is 2.41. The normalized spacial score (nSPS) is 13.2. The van der Waals surface area contributed by atoms with E-state index in [4.69, 9.17) is 9.84 Å². The second-order valence-electron chi connectivity index (χ2n) is 6.14. The van der Waals surface area contributed by atoms with E-state index in [1.54, 1.807) is 0 Å². The van der Waals surface area contributed by atoms with E-state index in [-0.39, 0.29) is 0 Å². The quantitative estimate of drug-likeness (QED) is 0.612. The van der Waals surface area contributed by atoms with E-state index in [1.165, 1.54) is 5.56 Å². The lowest BCUT2D eigenvalue weighted by atomic mass is 9.99. The van der Waals surface area contributed by atoms with E-state index < -0.39 is 0 Å². The number of hydrogen-bond donors (Lipinski definition) is 1. The van der Waals surface area contributed by atoms with Gasteiger partial charge in [0.1, 0.15) is 12.3 Å². The van der Waals surface area contributed by atoms with Crippen LogP contribution in [0.5, 0.6) is 5.88 Å². The predicted octanol–water partition coefficient (Wildman–Crippen LogP) is 3.79. The summed E-state index contributed by atoms with van der Waals surface area (Å²) in [5, 5.41) is 13.0. The Kier molecular flexibility index (Phi) is 2.76.